The van der Waals surface area contributed by atoms with Gasteiger partial charge in [0.1, 0.15) is 28.7 Å². The van der Waals surface area contributed by atoms with Gasteiger partial charge >= 0.3 is 0 Å². The van der Waals surface area contributed by atoms with Gasteiger partial charge in [-0.15, -0.1) is 0 Å². The highest BCUT2D eigenvalue weighted by Crippen LogP contribution is 2.28. The summed E-state index contributed by atoms with van der Waals surface area (Å²) < 4.78 is 10.4. The molecule has 10 heteroatoms. The van der Waals surface area contributed by atoms with E-state index in [-0.39, 0.29) is 11.7 Å². The number of anilines is 3. The molecule has 8 nitrogen and oxygen atoms in total. The van der Waals surface area contributed by atoms with Crippen molar-refractivity contribution in [3.05, 3.63) is 59.9 Å². The van der Waals surface area contributed by atoms with Crippen LogP contribution in [0.4, 0.5) is 17.2 Å². The van der Waals surface area contributed by atoms with Crippen LogP contribution < -0.4 is 24.6 Å². The van der Waals surface area contributed by atoms with Gasteiger partial charge in [0.25, 0.3) is 0 Å². The van der Waals surface area contributed by atoms with Crippen molar-refractivity contribution >= 4 is 46.5 Å². The topological polar surface area (TPSA) is 79.8 Å². The minimum Gasteiger partial charge on any atom is -0.497 e. The van der Waals surface area contributed by atoms with E-state index in [1.807, 2.05) is 18.2 Å². The number of ether oxygens (including phenoxy) is 2. The van der Waals surface area contributed by atoms with Crippen LogP contribution in [0, 0.1) is 0 Å². The van der Waals surface area contributed by atoms with E-state index < -0.39 is 0 Å². The number of aromatic nitrogens is 2. The van der Waals surface area contributed by atoms with E-state index in [0.717, 1.165) is 42.8 Å². The minimum absolute atomic E-state index is 0.139. The summed E-state index contributed by atoms with van der Waals surface area (Å²) in [5.41, 5.74) is 1.80. The van der Waals surface area contributed by atoms with E-state index in [1.54, 1.807) is 38.7 Å². The molecule has 0 aliphatic carbocycles. The molecule has 0 unspecified atom stereocenters. The molecular formula is C24H26ClN5O3S. The first kappa shape index (κ1) is 24.0. The standard InChI is InChI=1S/C24H26ClN5O3S/c1-32-19-6-4-18(5-7-19)29-9-11-30(12-10-29)22-14-24(27-16-26-22)34-15-23(31)28-17-3-8-21(33-2)20(25)13-17/h3-8,13-14,16H,9-12,15H2,1-2H3,(H,28,31). The second-order valence-corrected chi connectivity index (χ2v) is 8.98. The molecule has 0 bridgehead atoms. The Morgan fingerprint density at radius 2 is 1.74 bits per heavy atom. The average molecular weight is 500 g/mol. The number of carbonyl (C=O) groups is 1. The van der Waals surface area contributed by atoms with Gasteiger partial charge in [0.2, 0.25) is 5.91 Å². The third kappa shape index (κ3) is 6.03. The Hall–Kier alpha value is -3.17. The van der Waals surface area contributed by atoms with Crippen molar-refractivity contribution in [1.29, 1.82) is 0 Å². The van der Waals surface area contributed by atoms with E-state index in [9.17, 15) is 4.79 Å². The number of nitrogens with zero attached hydrogens (tertiary/aromatic N) is 4. The highest BCUT2D eigenvalue weighted by molar-refractivity contribution is 7.99. The Balaban J connectivity index is 1.29. The van der Waals surface area contributed by atoms with Crippen molar-refractivity contribution in [1.82, 2.24) is 9.97 Å². The van der Waals surface area contributed by atoms with Gasteiger partial charge in [0, 0.05) is 43.6 Å². The number of carbonyl (C=O) groups excluding carboxylic acids is 1. The van der Waals surface area contributed by atoms with Gasteiger partial charge in [0.05, 0.1) is 25.0 Å². The molecule has 2 aromatic carbocycles. The molecule has 1 fully saturated rings. The number of hydrogen-bond acceptors (Lipinski definition) is 8. The average Bonchev–Trinajstić information content (AvgIpc) is 2.88. The molecule has 2 heterocycles. The molecule has 0 spiro atoms. The van der Waals surface area contributed by atoms with Crippen LogP contribution in [0.1, 0.15) is 0 Å². The van der Waals surface area contributed by atoms with Crippen LogP contribution in [0.2, 0.25) is 5.02 Å². The van der Waals surface area contributed by atoms with Gasteiger partial charge in [-0.05, 0) is 42.5 Å². The third-order valence-electron chi connectivity index (χ3n) is 5.46. The van der Waals surface area contributed by atoms with E-state index in [4.69, 9.17) is 21.1 Å². The third-order valence-corrected chi connectivity index (χ3v) is 6.68. The Labute approximate surface area is 208 Å². The van der Waals surface area contributed by atoms with Crippen LogP contribution in [-0.2, 0) is 4.79 Å². The first-order valence-electron chi connectivity index (χ1n) is 10.8. The van der Waals surface area contributed by atoms with Crippen LogP contribution in [0.15, 0.2) is 59.9 Å². The second kappa shape index (κ2) is 11.3. The molecule has 1 aliphatic heterocycles. The minimum atomic E-state index is -0.139. The van der Waals surface area contributed by atoms with Crippen LogP contribution in [0.25, 0.3) is 0 Å². The number of benzene rings is 2. The fraction of sp³-hybridized carbons (Fsp3) is 0.292. The van der Waals surface area contributed by atoms with Crippen LogP contribution in [0.3, 0.4) is 0 Å². The summed E-state index contributed by atoms with van der Waals surface area (Å²) >= 11 is 7.49. The number of nitrogens with one attached hydrogen (secondary N) is 1. The monoisotopic (exact) mass is 499 g/mol. The number of thioether (sulfide) groups is 1. The molecule has 0 radical (unpaired) electrons. The van der Waals surface area contributed by atoms with E-state index >= 15 is 0 Å². The van der Waals surface area contributed by atoms with Crippen molar-refractivity contribution in [3.63, 3.8) is 0 Å². The van der Waals surface area contributed by atoms with Gasteiger partial charge in [-0.2, -0.15) is 0 Å². The van der Waals surface area contributed by atoms with Gasteiger partial charge in [-0.3, -0.25) is 4.79 Å². The number of rotatable bonds is 8. The predicted molar refractivity (Wildman–Crippen MR) is 137 cm³/mol. The lowest BCUT2D eigenvalue weighted by Gasteiger charge is -2.36. The summed E-state index contributed by atoms with van der Waals surface area (Å²) in [5.74, 6) is 2.38. The SMILES string of the molecule is COc1ccc(N2CCN(c3cc(SCC(=O)Nc4ccc(OC)c(Cl)c4)ncn3)CC2)cc1. The summed E-state index contributed by atoms with van der Waals surface area (Å²) in [6.45, 7) is 3.50. The molecule has 1 amide bonds. The lowest BCUT2D eigenvalue weighted by atomic mass is 10.2. The zero-order valence-corrected chi connectivity index (χ0v) is 20.6. The van der Waals surface area contributed by atoms with Crippen molar-refractivity contribution in [2.75, 3.05) is 61.3 Å². The molecule has 4 rings (SSSR count). The van der Waals surface area contributed by atoms with Crippen molar-refractivity contribution in [3.8, 4) is 11.5 Å². The molecule has 1 N–H and O–H groups in total. The predicted octanol–water partition coefficient (Wildman–Crippen LogP) is 4.20. The van der Waals surface area contributed by atoms with Crippen molar-refractivity contribution < 1.29 is 14.3 Å². The molecule has 34 heavy (non-hydrogen) atoms. The van der Waals surface area contributed by atoms with Crippen LogP contribution in [-0.4, -0.2) is 62.0 Å². The number of piperazine rings is 1. The summed E-state index contributed by atoms with van der Waals surface area (Å²) in [6.07, 6.45) is 1.55. The van der Waals surface area contributed by atoms with Gasteiger partial charge in [0.15, 0.2) is 0 Å². The number of halogens is 1. The summed E-state index contributed by atoms with van der Waals surface area (Å²) in [7, 11) is 3.22. The lowest BCUT2D eigenvalue weighted by Crippen LogP contribution is -2.46. The maximum atomic E-state index is 12.4. The molecule has 0 atom stereocenters. The zero-order chi connectivity index (χ0) is 23.9. The fourth-order valence-electron chi connectivity index (χ4n) is 3.65. The molecule has 3 aromatic rings. The van der Waals surface area contributed by atoms with E-state index in [2.05, 4.69) is 37.2 Å². The second-order valence-electron chi connectivity index (χ2n) is 7.57. The highest BCUT2D eigenvalue weighted by atomic mass is 35.5. The quantitative estimate of drug-likeness (QED) is 0.365. The van der Waals surface area contributed by atoms with Crippen molar-refractivity contribution in [2.24, 2.45) is 0 Å². The summed E-state index contributed by atoms with van der Waals surface area (Å²) in [6, 6.07) is 15.2. The molecule has 1 aliphatic rings. The van der Waals surface area contributed by atoms with Crippen LogP contribution in [0.5, 0.6) is 11.5 Å². The molecule has 0 saturated carbocycles. The lowest BCUT2D eigenvalue weighted by molar-refractivity contribution is -0.113. The highest BCUT2D eigenvalue weighted by Gasteiger charge is 2.19. The number of methoxy groups -OCH3 is 2. The maximum Gasteiger partial charge on any atom is 0.234 e. The maximum absolute atomic E-state index is 12.4. The Kier molecular flexibility index (Phi) is 7.97. The first-order chi connectivity index (χ1) is 16.6. The zero-order valence-electron chi connectivity index (χ0n) is 19.0. The molecule has 178 valence electrons. The Morgan fingerprint density at radius 3 is 2.41 bits per heavy atom. The number of amides is 1. The van der Waals surface area contributed by atoms with E-state index in [0.29, 0.717) is 16.5 Å². The summed E-state index contributed by atoms with van der Waals surface area (Å²) in [5, 5.41) is 4.04. The molecular weight excluding hydrogens is 474 g/mol. The molecule has 1 aromatic heterocycles. The molecule has 1 saturated heterocycles. The van der Waals surface area contributed by atoms with E-state index in [1.165, 1.54) is 17.4 Å². The Morgan fingerprint density at radius 1 is 1.00 bits per heavy atom. The van der Waals surface area contributed by atoms with Gasteiger partial charge < -0.3 is 24.6 Å². The van der Waals surface area contributed by atoms with Gasteiger partial charge in [-0.1, -0.05) is 23.4 Å². The smallest absolute Gasteiger partial charge is 0.234 e. The van der Waals surface area contributed by atoms with Crippen molar-refractivity contribution in [2.45, 2.75) is 5.03 Å². The first-order valence-corrected chi connectivity index (χ1v) is 12.1. The summed E-state index contributed by atoms with van der Waals surface area (Å²) in [4.78, 5) is 25.7. The Bertz CT molecular complexity index is 1120. The van der Waals surface area contributed by atoms with Gasteiger partial charge in [-0.25, -0.2) is 9.97 Å². The normalized spacial score (nSPS) is 13.5. The fourth-order valence-corrected chi connectivity index (χ4v) is 4.57. The van der Waals surface area contributed by atoms with Crippen LogP contribution >= 0.6 is 23.4 Å². The number of hydrogen-bond donors (Lipinski definition) is 1. The largest absolute Gasteiger partial charge is 0.497 e.